The Hall–Kier alpha value is -3.58. The largest absolute Gasteiger partial charge is 0.341 e. The van der Waals surface area contributed by atoms with Gasteiger partial charge in [-0.1, -0.05) is 84.6 Å². The molecule has 5 nitrogen and oxygen atoms in total. The molecule has 3 aromatic carbocycles. The minimum Gasteiger partial charge on any atom is -0.341 e. The van der Waals surface area contributed by atoms with E-state index in [-0.39, 0.29) is 17.5 Å². The van der Waals surface area contributed by atoms with Crippen LogP contribution in [0.25, 0.3) is 22.5 Å². The molecule has 0 spiro atoms. The summed E-state index contributed by atoms with van der Waals surface area (Å²) in [4.78, 5) is 18.9. The molecule has 0 N–H and O–H groups in total. The minimum atomic E-state index is -0.295. The van der Waals surface area contributed by atoms with Crippen LogP contribution in [0.4, 0.5) is 4.39 Å². The SMILES string of the molecule is CN(Cc1ccc(F)cc1)C(=O)CSc1nnc(-c2ccccc2)c(-c2ccccc2)n1. The maximum absolute atomic E-state index is 13.1. The van der Waals surface area contributed by atoms with Crippen LogP contribution in [-0.2, 0) is 11.3 Å². The first-order valence-corrected chi connectivity index (χ1v) is 11.1. The van der Waals surface area contributed by atoms with E-state index in [2.05, 4.69) is 10.2 Å². The molecule has 1 aromatic heterocycles. The lowest BCUT2D eigenvalue weighted by Crippen LogP contribution is -2.27. The van der Waals surface area contributed by atoms with Gasteiger partial charge in [0.05, 0.1) is 5.75 Å². The van der Waals surface area contributed by atoms with Gasteiger partial charge in [-0.15, -0.1) is 10.2 Å². The van der Waals surface area contributed by atoms with E-state index in [0.29, 0.717) is 17.4 Å². The van der Waals surface area contributed by atoms with Crippen molar-refractivity contribution < 1.29 is 9.18 Å². The van der Waals surface area contributed by atoms with E-state index in [1.807, 2.05) is 60.7 Å². The van der Waals surface area contributed by atoms with Gasteiger partial charge < -0.3 is 4.90 Å². The molecular weight excluding hydrogens is 423 g/mol. The maximum Gasteiger partial charge on any atom is 0.233 e. The molecule has 0 unspecified atom stereocenters. The van der Waals surface area contributed by atoms with Crippen LogP contribution in [0, 0.1) is 5.82 Å². The summed E-state index contributed by atoms with van der Waals surface area (Å²) in [5.41, 5.74) is 4.15. The fourth-order valence-electron chi connectivity index (χ4n) is 3.15. The van der Waals surface area contributed by atoms with Crippen molar-refractivity contribution in [3.05, 3.63) is 96.3 Å². The van der Waals surface area contributed by atoms with Gasteiger partial charge in [0.15, 0.2) is 0 Å². The third kappa shape index (κ3) is 5.36. The van der Waals surface area contributed by atoms with E-state index >= 15 is 0 Å². The summed E-state index contributed by atoms with van der Waals surface area (Å²) in [6.07, 6.45) is 0. The third-order valence-corrected chi connectivity index (χ3v) is 5.67. The normalized spacial score (nSPS) is 10.7. The summed E-state index contributed by atoms with van der Waals surface area (Å²) in [6, 6.07) is 25.7. The highest BCUT2D eigenvalue weighted by molar-refractivity contribution is 7.99. The molecule has 4 aromatic rings. The van der Waals surface area contributed by atoms with Crippen molar-refractivity contribution in [1.82, 2.24) is 20.1 Å². The predicted molar refractivity (Wildman–Crippen MR) is 124 cm³/mol. The van der Waals surface area contributed by atoms with Gasteiger partial charge in [0, 0.05) is 24.7 Å². The number of carbonyl (C=O) groups is 1. The van der Waals surface area contributed by atoms with Crippen LogP contribution in [0.3, 0.4) is 0 Å². The van der Waals surface area contributed by atoms with Crippen molar-refractivity contribution in [1.29, 1.82) is 0 Å². The molecule has 160 valence electrons. The summed E-state index contributed by atoms with van der Waals surface area (Å²) in [6.45, 7) is 0.404. The van der Waals surface area contributed by atoms with Gasteiger partial charge in [-0.05, 0) is 17.7 Å². The molecule has 0 radical (unpaired) electrons. The van der Waals surface area contributed by atoms with Crippen LogP contribution in [0.15, 0.2) is 90.1 Å². The number of thioether (sulfide) groups is 1. The number of benzene rings is 3. The average molecular weight is 445 g/mol. The maximum atomic E-state index is 13.1. The first-order chi connectivity index (χ1) is 15.6. The van der Waals surface area contributed by atoms with E-state index in [4.69, 9.17) is 4.98 Å². The van der Waals surface area contributed by atoms with Crippen molar-refractivity contribution in [3.63, 3.8) is 0 Å². The Kier molecular flexibility index (Phi) is 6.87. The van der Waals surface area contributed by atoms with Crippen LogP contribution in [0.1, 0.15) is 5.56 Å². The number of hydrogen-bond donors (Lipinski definition) is 0. The Morgan fingerprint density at radius 1 is 0.844 bits per heavy atom. The van der Waals surface area contributed by atoms with Crippen molar-refractivity contribution in [3.8, 4) is 22.5 Å². The lowest BCUT2D eigenvalue weighted by molar-refractivity contribution is -0.127. The van der Waals surface area contributed by atoms with Crippen LogP contribution < -0.4 is 0 Å². The molecule has 0 saturated carbocycles. The fraction of sp³-hybridized carbons (Fsp3) is 0.120. The molecule has 1 amide bonds. The van der Waals surface area contributed by atoms with Crippen molar-refractivity contribution in [2.24, 2.45) is 0 Å². The van der Waals surface area contributed by atoms with Crippen LogP contribution in [-0.4, -0.2) is 38.8 Å². The molecule has 0 bridgehead atoms. The minimum absolute atomic E-state index is 0.0728. The summed E-state index contributed by atoms with van der Waals surface area (Å²) in [5, 5.41) is 9.12. The predicted octanol–water partition coefficient (Wildman–Crippen LogP) is 5.10. The molecule has 0 fully saturated rings. The number of amides is 1. The standard InChI is InChI=1S/C25H21FN4OS/c1-30(16-18-12-14-21(26)15-13-18)22(31)17-32-25-27-23(19-8-4-2-5-9-19)24(28-29-25)20-10-6-3-7-11-20/h2-15H,16-17H2,1H3. The van der Waals surface area contributed by atoms with Gasteiger partial charge in [0.2, 0.25) is 11.1 Å². The van der Waals surface area contributed by atoms with Crippen molar-refractivity contribution >= 4 is 17.7 Å². The lowest BCUT2D eigenvalue weighted by Gasteiger charge is -2.17. The number of halogens is 1. The van der Waals surface area contributed by atoms with Gasteiger partial charge in [-0.25, -0.2) is 9.37 Å². The second-order valence-electron chi connectivity index (χ2n) is 7.19. The quantitative estimate of drug-likeness (QED) is 0.372. The van der Waals surface area contributed by atoms with Crippen LogP contribution >= 0.6 is 11.8 Å². The molecule has 0 atom stereocenters. The van der Waals surface area contributed by atoms with Gasteiger partial charge >= 0.3 is 0 Å². The van der Waals surface area contributed by atoms with Gasteiger partial charge in [-0.2, -0.15) is 0 Å². The number of rotatable bonds is 7. The highest BCUT2D eigenvalue weighted by atomic mass is 32.2. The molecule has 0 saturated heterocycles. The van der Waals surface area contributed by atoms with Crippen LogP contribution in [0.2, 0.25) is 0 Å². The van der Waals surface area contributed by atoms with Crippen molar-refractivity contribution in [2.75, 3.05) is 12.8 Å². The smallest absolute Gasteiger partial charge is 0.233 e. The summed E-state index contributed by atoms with van der Waals surface area (Å²) in [7, 11) is 1.72. The number of aromatic nitrogens is 3. The highest BCUT2D eigenvalue weighted by Crippen LogP contribution is 2.29. The first kappa shape index (κ1) is 21.6. The molecule has 7 heteroatoms. The Labute approximate surface area is 190 Å². The average Bonchev–Trinajstić information content (AvgIpc) is 2.85. The molecular formula is C25H21FN4OS. The van der Waals surface area contributed by atoms with E-state index in [1.165, 1.54) is 23.9 Å². The molecule has 32 heavy (non-hydrogen) atoms. The van der Waals surface area contributed by atoms with E-state index < -0.39 is 0 Å². The zero-order chi connectivity index (χ0) is 22.3. The molecule has 0 aliphatic carbocycles. The first-order valence-electron chi connectivity index (χ1n) is 10.1. The lowest BCUT2D eigenvalue weighted by atomic mass is 10.0. The topological polar surface area (TPSA) is 59.0 Å². The summed E-state index contributed by atoms with van der Waals surface area (Å²) >= 11 is 1.25. The van der Waals surface area contributed by atoms with Crippen molar-refractivity contribution in [2.45, 2.75) is 11.7 Å². The Morgan fingerprint density at radius 2 is 1.44 bits per heavy atom. The molecule has 0 aliphatic heterocycles. The van der Waals surface area contributed by atoms with Crippen LogP contribution in [0.5, 0.6) is 0 Å². The van der Waals surface area contributed by atoms with Gasteiger partial charge in [-0.3, -0.25) is 4.79 Å². The zero-order valence-corrected chi connectivity index (χ0v) is 18.3. The Morgan fingerprint density at radius 3 is 2.06 bits per heavy atom. The monoisotopic (exact) mass is 444 g/mol. The second-order valence-corrected chi connectivity index (χ2v) is 8.13. The second kappa shape index (κ2) is 10.2. The van der Waals surface area contributed by atoms with E-state index in [1.54, 1.807) is 24.1 Å². The van der Waals surface area contributed by atoms with Gasteiger partial charge in [0.1, 0.15) is 17.2 Å². The molecule has 0 aliphatic rings. The van der Waals surface area contributed by atoms with Gasteiger partial charge in [0.25, 0.3) is 0 Å². The fourth-order valence-corrected chi connectivity index (χ4v) is 3.88. The molecule has 1 heterocycles. The zero-order valence-electron chi connectivity index (χ0n) is 17.5. The Bertz CT molecular complexity index is 1190. The Balaban J connectivity index is 1.50. The number of nitrogens with zero attached hydrogens (tertiary/aromatic N) is 4. The molecule has 4 rings (SSSR count). The third-order valence-electron chi connectivity index (χ3n) is 4.85. The summed E-state index contributed by atoms with van der Waals surface area (Å²) < 4.78 is 13.1. The highest BCUT2D eigenvalue weighted by Gasteiger charge is 2.16. The number of carbonyl (C=O) groups excluding carboxylic acids is 1. The number of hydrogen-bond acceptors (Lipinski definition) is 5. The summed E-state index contributed by atoms with van der Waals surface area (Å²) in [5.74, 6) is -0.189. The van der Waals surface area contributed by atoms with E-state index in [0.717, 1.165) is 22.4 Å². The van der Waals surface area contributed by atoms with E-state index in [9.17, 15) is 9.18 Å².